The molecule has 92 valence electrons. The van der Waals surface area contributed by atoms with E-state index < -0.39 is 0 Å². The maximum atomic E-state index is 12.0. The minimum atomic E-state index is -0.0354. The lowest BCUT2D eigenvalue weighted by Gasteiger charge is -2.17. The number of amides is 1. The maximum Gasteiger partial charge on any atom is 0.251 e. The average molecular weight is 345 g/mol. The molecule has 2 N–H and O–H groups in total. The molecule has 0 heterocycles. The lowest BCUT2D eigenvalue weighted by molar-refractivity contribution is 0.0924. The van der Waals surface area contributed by atoms with Gasteiger partial charge in [0, 0.05) is 21.8 Å². The Kier molecular flexibility index (Phi) is 4.39. The molecule has 0 aliphatic heterocycles. The molecule has 2 rings (SSSR count). The monoisotopic (exact) mass is 345 g/mol. The smallest absolute Gasteiger partial charge is 0.251 e. The zero-order valence-corrected chi connectivity index (χ0v) is 11.7. The van der Waals surface area contributed by atoms with Crippen molar-refractivity contribution in [2.45, 2.75) is 25.3 Å². The van der Waals surface area contributed by atoms with Crippen molar-refractivity contribution >= 4 is 28.5 Å². The Bertz CT molecular complexity index is 387. The second kappa shape index (κ2) is 5.82. The van der Waals surface area contributed by atoms with E-state index in [4.69, 9.17) is 5.11 Å². The van der Waals surface area contributed by atoms with Gasteiger partial charge in [-0.1, -0.05) is 0 Å². The van der Waals surface area contributed by atoms with Gasteiger partial charge >= 0.3 is 0 Å². The van der Waals surface area contributed by atoms with Crippen LogP contribution >= 0.6 is 22.6 Å². The number of nitrogens with one attached hydrogen (secondary N) is 1. The highest BCUT2D eigenvalue weighted by molar-refractivity contribution is 14.1. The Balaban J connectivity index is 1.97. The van der Waals surface area contributed by atoms with Crippen LogP contribution in [0.4, 0.5) is 0 Å². The summed E-state index contributed by atoms with van der Waals surface area (Å²) in [6.45, 7) is 0.133. The first-order chi connectivity index (χ1) is 8.20. The molecule has 1 aliphatic carbocycles. The van der Waals surface area contributed by atoms with Crippen LogP contribution in [-0.4, -0.2) is 23.7 Å². The third-order valence-corrected chi connectivity index (χ3v) is 3.77. The maximum absolute atomic E-state index is 12.0. The summed E-state index contributed by atoms with van der Waals surface area (Å²) in [7, 11) is 0. The van der Waals surface area contributed by atoms with Crippen molar-refractivity contribution in [3.63, 3.8) is 0 Å². The Morgan fingerprint density at radius 1 is 1.41 bits per heavy atom. The van der Waals surface area contributed by atoms with E-state index in [1.165, 1.54) is 0 Å². The Labute approximate surface area is 115 Å². The fourth-order valence-corrected chi connectivity index (χ4v) is 2.28. The summed E-state index contributed by atoms with van der Waals surface area (Å²) in [5.74, 6) is 0.529. The van der Waals surface area contributed by atoms with E-state index in [0.29, 0.717) is 17.9 Å². The number of aliphatic hydroxyl groups is 1. The fourth-order valence-electron chi connectivity index (χ4n) is 1.92. The van der Waals surface area contributed by atoms with Crippen molar-refractivity contribution in [1.82, 2.24) is 5.32 Å². The Morgan fingerprint density at radius 2 is 2.06 bits per heavy atom. The normalized spacial score (nSPS) is 16.6. The Morgan fingerprint density at radius 3 is 2.59 bits per heavy atom. The highest BCUT2D eigenvalue weighted by Gasteiger charge is 2.31. The summed E-state index contributed by atoms with van der Waals surface area (Å²) in [5, 5.41) is 12.0. The second-order valence-corrected chi connectivity index (χ2v) is 5.68. The third kappa shape index (κ3) is 3.67. The largest absolute Gasteiger partial charge is 0.396 e. The van der Waals surface area contributed by atoms with Crippen LogP contribution in [0.5, 0.6) is 0 Å². The number of aliphatic hydroxyl groups excluding tert-OH is 1. The van der Waals surface area contributed by atoms with Gasteiger partial charge in [-0.3, -0.25) is 4.79 Å². The molecule has 1 aliphatic rings. The molecule has 1 amide bonds. The number of carbonyl (C=O) groups is 1. The predicted molar refractivity (Wildman–Crippen MR) is 74.8 cm³/mol. The topological polar surface area (TPSA) is 49.3 Å². The van der Waals surface area contributed by atoms with E-state index in [1.807, 2.05) is 24.3 Å². The number of rotatable bonds is 5. The van der Waals surface area contributed by atoms with E-state index in [9.17, 15) is 4.79 Å². The van der Waals surface area contributed by atoms with Gasteiger partial charge in [-0.15, -0.1) is 0 Å². The summed E-state index contributed by atoms with van der Waals surface area (Å²) in [6.07, 6.45) is 2.98. The molecule has 0 aromatic heterocycles. The minimum Gasteiger partial charge on any atom is -0.396 e. The lowest BCUT2D eigenvalue weighted by atomic mass is 10.1. The molecule has 3 nitrogen and oxygen atoms in total. The van der Waals surface area contributed by atoms with Gasteiger partial charge in [0.25, 0.3) is 5.91 Å². The van der Waals surface area contributed by atoms with Crippen LogP contribution in [0.25, 0.3) is 0 Å². The number of hydrogen-bond acceptors (Lipinski definition) is 2. The predicted octanol–water partition coefficient (Wildman–Crippen LogP) is 2.18. The standard InChI is InChI=1S/C13H16INO2/c14-11-5-3-10(4-6-11)13(17)15-12(7-8-16)9-1-2-9/h3-6,9,12,16H,1-2,7-8H2,(H,15,17). The molecule has 0 radical (unpaired) electrons. The van der Waals surface area contributed by atoms with Crippen LogP contribution in [0.15, 0.2) is 24.3 Å². The van der Waals surface area contributed by atoms with E-state index in [-0.39, 0.29) is 18.6 Å². The molecule has 17 heavy (non-hydrogen) atoms. The number of halogens is 1. The van der Waals surface area contributed by atoms with Gasteiger partial charge in [-0.2, -0.15) is 0 Å². The quantitative estimate of drug-likeness (QED) is 0.804. The first kappa shape index (κ1) is 12.8. The molecule has 1 aromatic carbocycles. The van der Waals surface area contributed by atoms with Crippen molar-refractivity contribution in [2.24, 2.45) is 5.92 Å². The zero-order chi connectivity index (χ0) is 12.3. The van der Waals surface area contributed by atoms with Gasteiger partial charge in [-0.05, 0) is 72.0 Å². The first-order valence-corrected chi connectivity index (χ1v) is 6.96. The van der Waals surface area contributed by atoms with Gasteiger partial charge in [-0.25, -0.2) is 0 Å². The summed E-state index contributed by atoms with van der Waals surface area (Å²) in [4.78, 5) is 12.0. The molecule has 1 unspecified atom stereocenters. The average Bonchev–Trinajstić information content (AvgIpc) is 3.13. The van der Waals surface area contributed by atoms with Crippen LogP contribution in [-0.2, 0) is 0 Å². The van der Waals surface area contributed by atoms with Crippen molar-refractivity contribution < 1.29 is 9.90 Å². The molecule has 4 heteroatoms. The first-order valence-electron chi connectivity index (χ1n) is 5.88. The summed E-state index contributed by atoms with van der Waals surface area (Å²) in [5.41, 5.74) is 0.689. The molecule has 1 fully saturated rings. The van der Waals surface area contributed by atoms with Crippen LogP contribution < -0.4 is 5.32 Å². The van der Waals surface area contributed by atoms with Crippen molar-refractivity contribution in [3.05, 3.63) is 33.4 Å². The number of benzene rings is 1. The molecule has 1 aromatic rings. The van der Waals surface area contributed by atoms with Gasteiger partial charge in [0.15, 0.2) is 0 Å². The molecular formula is C13H16INO2. The van der Waals surface area contributed by atoms with E-state index in [0.717, 1.165) is 16.4 Å². The van der Waals surface area contributed by atoms with Crippen LogP contribution in [0.1, 0.15) is 29.6 Å². The molecular weight excluding hydrogens is 329 g/mol. The lowest BCUT2D eigenvalue weighted by Crippen LogP contribution is -2.37. The summed E-state index contributed by atoms with van der Waals surface area (Å²) in [6, 6.07) is 7.65. The zero-order valence-electron chi connectivity index (χ0n) is 9.53. The van der Waals surface area contributed by atoms with Crippen LogP contribution in [0, 0.1) is 9.49 Å². The van der Waals surface area contributed by atoms with Crippen molar-refractivity contribution in [1.29, 1.82) is 0 Å². The van der Waals surface area contributed by atoms with E-state index in [1.54, 1.807) is 0 Å². The SMILES string of the molecule is O=C(NC(CCO)C1CC1)c1ccc(I)cc1. The molecule has 0 spiro atoms. The van der Waals surface area contributed by atoms with Crippen molar-refractivity contribution in [2.75, 3.05) is 6.61 Å². The summed E-state index contributed by atoms with van der Waals surface area (Å²) >= 11 is 2.21. The minimum absolute atomic E-state index is 0.0354. The molecule has 0 bridgehead atoms. The summed E-state index contributed by atoms with van der Waals surface area (Å²) < 4.78 is 1.12. The van der Waals surface area contributed by atoms with Gasteiger partial charge < -0.3 is 10.4 Å². The molecule has 1 atom stereocenters. The third-order valence-electron chi connectivity index (χ3n) is 3.05. The van der Waals surface area contributed by atoms with Gasteiger partial charge in [0.1, 0.15) is 0 Å². The van der Waals surface area contributed by atoms with E-state index >= 15 is 0 Å². The molecule has 1 saturated carbocycles. The molecule has 0 saturated heterocycles. The number of carbonyl (C=O) groups excluding carboxylic acids is 1. The van der Waals surface area contributed by atoms with Crippen molar-refractivity contribution in [3.8, 4) is 0 Å². The second-order valence-electron chi connectivity index (χ2n) is 4.44. The highest BCUT2D eigenvalue weighted by atomic mass is 127. The van der Waals surface area contributed by atoms with Gasteiger partial charge in [0.2, 0.25) is 0 Å². The van der Waals surface area contributed by atoms with Crippen LogP contribution in [0.2, 0.25) is 0 Å². The van der Waals surface area contributed by atoms with E-state index in [2.05, 4.69) is 27.9 Å². The Hall–Kier alpha value is -0.620. The number of hydrogen-bond donors (Lipinski definition) is 2. The fraction of sp³-hybridized carbons (Fsp3) is 0.462. The van der Waals surface area contributed by atoms with Crippen LogP contribution in [0.3, 0.4) is 0 Å². The highest BCUT2D eigenvalue weighted by Crippen LogP contribution is 2.34. The van der Waals surface area contributed by atoms with Gasteiger partial charge in [0.05, 0.1) is 0 Å².